The molecule has 0 atom stereocenters. The van der Waals surface area contributed by atoms with E-state index in [0.717, 1.165) is 37.2 Å². The first-order valence-corrected chi connectivity index (χ1v) is 6.73. The Bertz CT molecular complexity index is 483. The number of hydrogen-bond acceptors (Lipinski definition) is 4. The van der Waals surface area contributed by atoms with Gasteiger partial charge in [0.15, 0.2) is 0 Å². The van der Waals surface area contributed by atoms with Crippen molar-refractivity contribution in [2.45, 2.75) is 25.0 Å². The summed E-state index contributed by atoms with van der Waals surface area (Å²) in [6.07, 6.45) is 1.52. The Labute approximate surface area is 112 Å². The van der Waals surface area contributed by atoms with Crippen LogP contribution in [0.25, 0.3) is 0 Å². The molecule has 3 N–H and O–H groups in total. The van der Waals surface area contributed by atoms with Crippen LogP contribution in [0, 0.1) is 0 Å². The smallest absolute Gasteiger partial charge is 0.415 e. The minimum Gasteiger partial charge on any atom is -0.441 e. The quantitative estimate of drug-likeness (QED) is 0.840. The van der Waals surface area contributed by atoms with Crippen LogP contribution in [0.5, 0.6) is 0 Å². The Morgan fingerprint density at radius 2 is 2.16 bits per heavy atom. The Balaban J connectivity index is 1.83. The van der Waals surface area contributed by atoms with Gasteiger partial charge in [0.1, 0.15) is 5.60 Å². The second kappa shape index (κ2) is 4.83. The fraction of sp³-hybridized carbons (Fsp3) is 0.500. The average molecular weight is 261 g/mol. The summed E-state index contributed by atoms with van der Waals surface area (Å²) in [4.78, 5) is 13.8. The largest absolute Gasteiger partial charge is 0.441 e. The molecule has 2 fully saturated rings. The highest BCUT2D eigenvalue weighted by Crippen LogP contribution is 2.34. The molecule has 0 saturated carbocycles. The number of carbonyl (C=O) groups is 1. The maximum absolute atomic E-state index is 12.1. The molecule has 0 unspecified atom stereocenters. The van der Waals surface area contributed by atoms with Gasteiger partial charge in [-0.15, -0.1) is 0 Å². The van der Waals surface area contributed by atoms with Crippen molar-refractivity contribution in [1.29, 1.82) is 0 Å². The number of nitrogens with one attached hydrogen (secondary N) is 1. The first-order chi connectivity index (χ1) is 9.22. The maximum Gasteiger partial charge on any atom is 0.415 e. The number of benzene rings is 1. The molecule has 0 aliphatic carbocycles. The van der Waals surface area contributed by atoms with Gasteiger partial charge in [0.25, 0.3) is 0 Å². The normalized spacial score (nSPS) is 21.7. The third kappa shape index (κ3) is 2.31. The zero-order valence-electron chi connectivity index (χ0n) is 10.9. The van der Waals surface area contributed by atoms with E-state index in [1.807, 2.05) is 24.3 Å². The van der Waals surface area contributed by atoms with Gasteiger partial charge in [-0.05, 0) is 30.8 Å². The van der Waals surface area contributed by atoms with Crippen LogP contribution in [0.3, 0.4) is 0 Å². The summed E-state index contributed by atoms with van der Waals surface area (Å²) in [6.45, 7) is 2.93. The van der Waals surface area contributed by atoms with Crippen LogP contribution in [0.15, 0.2) is 24.3 Å². The Hall–Kier alpha value is -1.59. The predicted octanol–water partition coefficient (Wildman–Crippen LogP) is 1.22. The summed E-state index contributed by atoms with van der Waals surface area (Å²) in [5.74, 6) is 0. The van der Waals surface area contributed by atoms with Crippen LogP contribution in [0.1, 0.15) is 18.4 Å². The molecule has 0 radical (unpaired) electrons. The first-order valence-electron chi connectivity index (χ1n) is 6.73. The van der Waals surface area contributed by atoms with E-state index < -0.39 is 0 Å². The maximum atomic E-state index is 12.1. The Morgan fingerprint density at radius 3 is 2.89 bits per heavy atom. The number of hydrogen-bond donors (Lipinski definition) is 2. The molecule has 3 rings (SSSR count). The Kier molecular flexibility index (Phi) is 3.16. The van der Waals surface area contributed by atoms with Crippen LogP contribution in [0.2, 0.25) is 0 Å². The summed E-state index contributed by atoms with van der Waals surface area (Å²) in [5.41, 5.74) is 7.24. The molecule has 5 heteroatoms. The lowest BCUT2D eigenvalue weighted by Crippen LogP contribution is -2.44. The first kappa shape index (κ1) is 12.4. The van der Waals surface area contributed by atoms with E-state index in [-0.39, 0.29) is 11.7 Å². The molecule has 1 spiro atoms. The number of rotatable bonds is 2. The number of amides is 1. The highest BCUT2D eigenvalue weighted by molar-refractivity contribution is 5.90. The van der Waals surface area contributed by atoms with E-state index >= 15 is 0 Å². The molecule has 5 nitrogen and oxygen atoms in total. The average Bonchev–Trinajstić information content (AvgIpc) is 2.76. The lowest BCUT2D eigenvalue weighted by atomic mass is 9.92. The van der Waals surface area contributed by atoms with E-state index in [4.69, 9.17) is 10.5 Å². The molecule has 102 valence electrons. The van der Waals surface area contributed by atoms with E-state index in [9.17, 15) is 4.79 Å². The lowest BCUT2D eigenvalue weighted by molar-refractivity contribution is 0.0316. The van der Waals surface area contributed by atoms with Gasteiger partial charge in [0.05, 0.1) is 6.54 Å². The zero-order chi connectivity index (χ0) is 13.3. The molecule has 2 aliphatic rings. The second-order valence-corrected chi connectivity index (χ2v) is 5.26. The van der Waals surface area contributed by atoms with Gasteiger partial charge in [-0.3, -0.25) is 4.90 Å². The molecule has 1 amide bonds. The van der Waals surface area contributed by atoms with Crippen molar-refractivity contribution >= 4 is 11.8 Å². The molecule has 0 bridgehead atoms. The van der Waals surface area contributed by atoms with Gasteiger partial charge in [-0.1, -0.05) is 12.1 Å². The van der Waals surface area contributed by atoms with Crippen LogP contribution in [-0.2, 0) is 11.3 Å². The number of piperidine rings is 1. The fourth-order valence-electron chi connectivity index (χ4n) is 2.82. The topological polar surface area (TPSA) is 67.6 Å². The summed E-state index contributed by atoms with van der Waals surface area (Å²) in [5, 5.41) is 3.30. The van der Waals surface area contributed by atoms with Crippen molar-refractivity contribution in [3.8, 4) is 0 Å². The summed E-state index contributed by atoms with van der Waals surface area (Å²) in [7, 11) is 0. The number of nitrogens with two attached hydrogens (primary N) is 1. The molecule has 19 heavy (non-hydrogen) atoms. The van der Waals surface area contributed by atoms with Crippen molar-refractivity contribution in [2.75, 3.05) is 24.5 Å². The molecule has 1 aromatic carbocycles. The summed E-state index contributed by atoms with van der Waals surface area (Å²) < 4.78 is 5.65. The third-order valence-corrected chi connectivity index (χ3v) is 3.94. The van der Waals surface area contributed by atoms with E-state index in [2.05, 4.69) is 5.32 Å². The molecule has 2 saturated heterocycles. The summed E-state index contributed by atoms with van der Waals surface area (Å²) >= 11 is 0. The van der Waals surface area contributed by atoms with Crippen LogP contribution in [-0.4, -0.2) is 31.3 Å². The SMILES string of the molecule is NCc1cccc(N2CC3(CCNCC3)OC2=O)c1. The van der Waals surface area contributed by atoms with Crippen molar-refractivity contribution in [1.82, 2.24) is 5.32 Å². The van der Waals surface area contributed by atoms with Gasteiger partial charge in [0.2, 0.25) is 0 Å². The van der Waals surface area contributed by atoms with Gasteiger partial charge in [-0.2, -0.15) is 0 Å². The van der Waals surface area contributed by atoms with Gasteiger partial charge >= 0.3 is 6.09 Å². The Morgan fingerprint density at radius 1 is 1.37 bits per heavy atom. The number of anilines is 1. The molecular formula is C14H19N3O2. The number of nitrogens with zero attached hydrogens (tertiary/aromatic N) is 1. The second-order valence-electron chi connectivity index (χ2n) is 5.26. The molecule has 2 aliphatic heterocycles. The molecular weight excluding hydrogens is 242 g/mol. The van der Waals surface area contributed by atoms with E-state index in [0.29, 0.717) is 13.1 Å². The number of carbonyl (C=O) groups excluding carboxylic acids is 1. The van der Waals surface area contributed by atoms with Crippen molar-refractivity contribution < 1.29 is 9.53 Å². The lowest BCUT2D eigenvalue weighted by Gasteiger charge is -2.31. The predicted molar refractivity (Wildman–Crippen MR) is 73.0 cm³/mol. The summed E-state index contributed by atoms with van der Waals surface area (Å²) in [6, 6.07) is 7.78. The van der Waals surface area contributed by atoms with Gasteiger partial charge in [0, 0.05) is 25.1 Å². The van der Waals surface area contributed by atoms with E-state index in [1.165, 1.54) is 0 Å². The van der Waals surface area contributed by atoms with E-state index in [1.54, 1.807) is 4.90 Å². The standard InChI is InChI=1S/C14H19N3O2/c15-9-11-2-1-3-12(8-11)17-10-14(19-13(17)18)4-6-16-7-5-14/h1-3,8,16H,4-7,9-10,15H2. The highest BCUT2D eigenvalue weighted by atomic mass is 16.6. The monoisotopic (exact) mass is 261 g/mol. The highest BCUT2D eigenvalue weighted by Gasteiger charge is 2.46. The van der Waals surface area contributed by atoms with Gasteiger partial charge in [-0.25, -0.2) is 4.79 Å². The number of ether oxygens (including phenoxy) is 1. The van der Waals surface area contributed by atoms with Crippen molar-refractivity contribution in [2.24, 2.45) is 5.73 Å². The zero-order valence-corrected chi connectivity index (χ0v) is 10.9. The molecule has 1 aromatic rings. The minimum absolute atomic E-state index is 0.240. The van der Waals surface area contributed by atoms with Crippen LogP contribution in [0.4, 0.5) is 10.5 Å². The van der Waals surface area contributed by atoms with Crippen LogP contribution < -0.4 is 16.0 Å². The minimum atomic E-state index is -0.305. The molecule has 2 heterocycles. The fourth-order valence-corrected chi connectivity index (χ4v) is 2.82. The van der Waals surface area contributed by atoms with Gasteiger partial charge < -0.3 is 15.8 Å². The van der Waals surface area contributed by atoms with Crippen LogP contribution >= 0.6 is 0 Å². The molecule has 0 aromatic heterocycles. The third-order valence-electron chi connectivity index (χ3n) is 3.94. The van der Waals surface area contributed by atoms with Crippen molar-refractivity contribution in [3.63, 3.8) is 0 Å². The van der Waals surface area contributed by atoms with Crippen molar-refractivity contribution in [3.05, 3.63) is 29.8 Å².